The van der Waals surface area contributed by atoms with Gasteiger partial charge < -0.3 is 25.8 Å². The average molecular weight is 293 g/mol. The molecule has 1 amide bonds. The minimum Gasteiger partial charge on any atom is -0.469 e. The number of hydrogen-bond acceptors (Lipinski definition) is 6. The van der Waals surface area contributed by atoms with Gasteiger partial charge in [0.2, 0.25) is 0 Å². The first-order chi connectivity index (χ1) is 10.0. The first kappa shape index (κ1) is 15.1. The number of carbonyl (C=O) groups is 2. The number of nitrogen functional groups attached to an aromatic ring is 2. The van der Waals surface area contributed by atoms with Crippen LogP contribution >= 0.6 is 0 Å². The van der Waals surface area contributed by atoms with Crippen LogP contribution in [0.1, 0.15) is 16.8 Å². The Labute approximate surface area is 122 Å². The van der Waals surface area contributed by atoms with Crippen molar-refractivity contribution in [1.82, 2.24) is 4.90 Å². The fourth-order valence-electron chi connectivity index (χ4n) is 2.24. The molecule has 21 heavy (non-hydrogen) atoms. The second-order valence-corrected chi connectivity index (χ2v) is 4.87. The van der Waals surface area contributed by atoms with Crippen molar-refractivity contribution in [2.75, 3.05) is 38.3 Å². The summed E-state index contributed by atoms with van der Waals surface area (Å²) in [7, 11) is 1.32. The van der Waals surface area contributed by atoms with Crippen molar-refractivity contribution in [3.05, 3.63) is 23.8 Å². The fourth-order valence-corrected chi connectivity index (χ4v) is 2.24. The molecule has 0 aliphatic carbocycles. The molecule has 0 aromatic heterocycles. The zero-order valence-corrected chi connectivity index (χ0v) is 11.9. The van der Waals surface area contributed by atoms with E-state index < -0.39 is 0 Å². The van der Waals surface area contributed by atoms with Gasteiger partial charge >= 0.3 is 5.97 Å². The van der Waals surface area contributed by atoms with Gasteiger partial charge in [-0.2, -0.15) is 0 Å². The molecule has 114 valence electrons. The minimum atomic E-state index is -0.360. The molecule has 1 fully saturated rings. The van der Waals surface area contributed by atoms with Gasteiger partial charge in [-0.1, -0.05) is 0 Å². The van der Waals surface area contributed by atoms with E-state index in [0.717, 1.165) is 0 Å². The molecular formula is C14H19N3O4. The summed E-state index contributed by atoms with van der Waals surface area (Å²) in [5.74, 6) is -0.549. The maximum absolute atomic E-state index is 12.5. The van der Waals surface area contributed by atoms with Crippen LogP contribution in [0.15, 0.2) is 18.2 Å². The Hall–Kier alpha value is -2.28. The first-order valence-corrected chi connectivity index (χ1v) is 6.64. The highest BCUT2D eigenvalue weighted by molar-refractivity contribution is 5.99. The van der Waals surface area contributed by atoms with Crippen molar-refractivity contribution >= 4 is 23.3 Å². The van der Waals surface area contributed by atoms with E-state index in [4.69, 9.17) is 16.2 Å². The number of benzene rings is 1. The minimum absolute atomic E-state index is 0.123. The van der Waals surface area contributed by atoms with Gasteiger partial charge in [-0.15, -0.1) is 0 Å². The molecule has 0 bridgehead atoms. The molecule has 1 heterocycles. The molecule has 0 saturated carbocycles. The number of morpholine rings is 1. The Morgan fingerprint density at radius 2 is 2.19 bits per heavy atom. The standard InChI is InChI=1S/C14H19N3O4/c1-20-13(18)7-10-8-17(4-5-21-10)14(19)11-3-2-9(15)6-12(11)16/h2-3,6,10H,4-5,7-8,15-16H2,1H3. The molecule has 4 N–H and O–H groups in total. The molecule has 2 rings (SSSR count). The number of nitrogens with two attached hydrogens (primary N) is 2. The number of esters is 1. The van der Waals surface area contributed by atoms with Crippen LogP contribution in [0.25, 0.3) is 0 Å². The van der Waals surface area contributed by atoms with Crippen LogP contribution in [0.5, 0.6) is 0 Å². The summed E-state index contributed by atoms with van der Waals surface area (Å²) in [6.45, 7) is 1.17. The van der Waals surface area contributed by atoms with E-state index in [2.05, 4.69) is 4.74 Å². The number of hydrogen-bond donors (Lipinski definition) is 2. The Kier molecular flexibility index (Phi) is 4.64. The molecule has 1 aliphatic rings. The Bertz CT molecular complexity index is 547. The third kappa shape index (κ3) is 3.63. The topological polar surface area (TPSA) is 108 Å². The second kappa shape index (κ2) is 6.45. The molecule has 1 unspecified atom stereocenters. The van der Waals surface area contributed by atoms with Gasteiger partial charge in [-0.05, 0) is 18.2 Å². The Morgan fingerprint density at radius 3 is 2.86 bits per heavy atom. The van der Waals surface area contributed by atoms with Crippen molar-refractivity contribution < 1.29 is 19.1 Å². The van der Waals surface area contributed by atoms with E-state index in [1.165, 1.54) is 7.11 Å². The lowest BCUT2D eigenvalue weighted by Gasteiger charge is -2.32. The molecule has 7 nitrogen and oxygen atoms in total. The fraction of sp³-hybridized carbons (Fsp3) is 0.429. The number of carbonyl (C=O) groups excluding carboxylic acids is 2. The van der Waals surface area contributed by atoms with Crippen LogP contribution in [0.2, 0.25) is 0 Å². The van der Waals surface area contributed by atoms with Gasteiger partial charge in [-0.3, -0.25) is 9.59 Å². The van der Waals surface area contributed by atoms with Gasteiger partial charge in [0.1, 0.15) is 0 Å². The number of anilines is 2. The van der Waals surface area contributed by atoms with Crippen LogP contribution in [-0.4, -0.2) is 49.7 Å². The lowest BCUT2D eigenvalue weighted by molar-refractivity contribution is -0.145. The van der Waals surface area contributed by atoms with Gasteiger partial charge in [0.15, 0.2) is 0 Å². The SMILES string of the molecule is COC(=O)CC1CN(C(=O)c2ccc(N)cc2N)CCO1. The highest BCUT2D eigenvalue weighted by atomic mass is 16.5. The maximum Gasteiger partial charge on any atom is 0.308 e. The van der Waals surface area contributed by atoms with Crippen LogP contribution in [0.4, 0.5) is 11.4 Å². The van der Waals surface area contributed by atoms with Crippen molar-refractivity contribution in [2.24, 2.45) is 0 Å². The van der Waals surface area contributed by atoms with Crippen LogP contribution in [-0.2, 0) is 14.3 Å². The quantitative estimate of drug-likeness (QED) is 0.611. The van der Waals surface area contributed by atoms with Gasteiger partial charge in [0, 0.05) is 24.5 Å². The summed E-state index contributed by atoms with van der Waals surface area (Å²) in [5.41, 5.74) is 12.7. The monoisotopic (exact) mass is 293 g/mol. The molecule has 7 heteroatoms. The molecule has 0 spiro atoms. The molecule has 1 aromatic carbocycles. The summed E-state index contributed by atoms with van der Waals surface area (Å²) in [6.07, 6.45) is -0.234. The van der Waals surface area contributed by atoms with E-state index in [-0.39, 0.29) is 24.4 Å². The molecule has 0 radical (unpaired) electrons. The molecule has 1 aliphatic heterocycles. The second-order valence-electron chi connectivity index (χ2n) is 4.87. The third-order valence-electron chi connectivity index (χ3n) is 3.35. The third-order valence-corrected chi connectivity index (χ3v) is 3.35. The van der Waals surface area contributed by atoms with Crippen molar-refractivity contribution in [3.63, 3.8) is 0 Å². The molecule has 1 saturated heterocycles. The predicted molar refractivity (Wildman–Crippen MR) is 77.5 cm³/mol. The van der Waals surface area contributed by atoms with Gasteiger partial charge in [0.25, 0.3) is 5.91 Å². The first-order valence-electron chi connectivity index (χ1n) is 6.64. The van der Waals surface area contributed by atoms with Crippen LogP contribution in [0.3, 0.4) is 0 Å². The smallest absolute Gasteiger partial charge is 0.308 e. The lowest BCUT2D eigenvalue weighted by Crippen LogP contribution is -2.46. The summed E-state index contributed by atoms with van der Waals surface area (Å²) in [5, 5.41) is 0. The predicted octanol–water partition coefficient (Wildman–Crippen LogP) is 0.255. The number of methoxy groups -OCH3 is 1. The Balaban J connectivity index is 2.06. The largest absolute Gasteiger partial charge is 0.469 e. The number of rotatable bonds is 3. The zero-order valence-electron chi connectivity index (χ0n) is 11.9. The maximum atomic E-state index is 12.5. The molecular weight excluding hydrogens is 274 g/mol. The van der Waals surface area contributed by atoms with Crippen molar-refractivity contribution in [3.8, 4) is 0 Å². The van der Waals surface area contributed by atoms with E-state index >= 15 is 0 Å². The van der Waals surface area contributed by atoms with Gasteiger partial charge in [-0.25, -0.2) is 0 Å². The van der Waals surface area contributed by atoms with E-state index in [1.807, 2.05) is 0 Å². The van der Waals surface area contributed by atoms with E-state index in [1.54, 1.807) is 23.1 Å². The summed E-state index contributed by atoms with van der Waals surface area (Å²) < 4.78 is 10.1. The average Bonchev–Trinajstić information content (AvgIpc) is 2.47. The summed E-state index contributed by atoms with van der Waals surface area (Å²) >= 11 is 0. The number of amides is 1. The van der Waals surface area contributed by atoms with Crippen molar-refractivity contribution in [1.29, 1.82) is 0 Å². The summed E-state index contributed by atoms with van der Waals surface area (Å²) in [4.78, 5) is 25.4. The zero-order chi connectivity index (χ0) is 15.4. The number of nitrogens with zero attached hydrogens (tertiary/aromatic N) is 1. The molecule has 1 atom stereocenters. The van der Waals surface area contributed by atoms with Crippen LogP contribution < -0.4 is 11.5 Å². The highest BCUT2D eigenvalue weighted by Crippen LogP contribution is 2.19. The van der Waals surface area contributed by atoms with E-state index in [9.17, 15) is 9.59 Å². The van der Waals surface area contributed by atoms with E-state index in [0.29, 0.717) is 36.6 Å². The Morgan fingerprint density at radius 1 is 1.43 bits per heavy atom. The normalized spacial score (nSPS) is 18.3. The highest BCUT2D eigenvalue weighted by Gasteiger charge is 2.27. The number of ether oxygens (including phenoxy) is 2. The van der Waals surface area contributed by atoms with Crippen LogP contribution in [0, 0.1) is 0 Å². The van der Waals surface area contributed by atoms with Crippen molar-refractivity contribution in [2.45, 2.75) is 12.5 Å². The lowest BCUT2D eigenvalue weighted by atomic mass is 10.1. The molecule has 1 aromatic rings. The summed E-state index contributed by atoms with van der Waals surface area (Å²) in [6, 6.07) is 4.80. The van der Waals surface area contributed by atoms with Gasteiger partial charge in [0.05, 0.1) is 31.8 Å².